The minimum Gasteiger partial charge on any atom is -0.459 e. The van der Waals surface area contributed by atoms with Crippen LogP contribution < -0.4 is 5.32 Å². The van der Waals surface area contributed by atoms with Crippen LogP contribution in [-0.4, -0.2) is 12.0 Å². The summed E-state index contributed by atoms with van der Waals surface area (Å²) < 4.78 is 5.34. The van der Waals surface area contributed by atoms with Crippen LogP contribution in [0.15, 0.2) is 48.5 Å². The highest BCUT2D eigenvalue weighted by Gasteiger charge is 2.27. The maximum absolute atomic E-state index is 12.1. The number of carbonyl (C=O) groups excluding carboxylic acids is 1. The Morgan fingerprint density at radius 1 is 1.25 bits per heavy atom. The smallest absolute Gasteiger partial charge is 0.329 e. The molecule has 0 saturated heterocycles. The molecule has 1 unspecified atom stereocenters. The van der Waals surface area contributed by atoms with Crippen molar-refractivity contribution in [3.63, 3.8) is 0 Å². The number of anilines is 1. The number of halogens is 1. The first-order chi connectivity index (χ1) is 9.72. The molecular weight excluding hydrogens is 274 g/mol. The zero-order chi connectivity index (χ0) is 13.9. The van der Waals surface area contributed by atoms with Gasteiger partial charge in [0.1, 0.15) is 12.6 Å². The van der Waals surface area contributed by atoms with Crippen LogP contribution >= 0.6 is 11.6 Å². The van der Waals surface area contributed by atoms with Gasteiger partial charge in [-0.2, -0.15) is 0 Å². The molecule has 2 aromatic rings. The maximum atomic E-state index is 12.1. The fourth-order valence-corrected chi connectivity index (χ4v) is 2.53. The third-order valence-electron chi connectivity index (χ3n) is 3.33. The molecule has 0 aromatic heterocycles. The number of ether oxygens (including phenoxy) is 1. The average Bonchev–Trinajstić information content (AvgIpc) is 2.89. The first-order valence-electron chi connectivity index (χ1n) is 6.48. The van der Waals surface area contributed by atoms with Crippen LogP contribution in [-0.2, 0) is 22.6 Å². The summed E-state index contributed by atoms with van der Waals surface area (Å²) in [6.07, 6.45) is 0.671. The summed E-state index contributed by atoms with van der Waals surface area (Å²) in [6.45, 7) is 0.244. The molecule has 4 heteroatoms. The molecule has 0 aliphatic carbocycles. The van der Waals surface area contributed by atoms with Gasteiger partial charge in [-0.3, -0.25) is 0 Å². The van der Waals surface area contributed by atoms with Gasteiger partial charge in [-0.1, -0.05) is 41.9 Å². The molecule has 0 saturated carbocycles. The lowest BCUT2D eigenvalue weighted by Crippen LogP contribution is -2.28. The average molecular weight is 288 g/mol. The molecular formula is C16H14ClNO2. The quantitative estimate of drug-likeness (QED) is 0.879. The molecule has 102 valence electrons. The van der Waals surface area contributed by atoms with Gasteiger partial charge in [-0.05, 0) is 29.3 Å². The van der Waals surface area contributed by atoms with E-state index in [1.807, 2.05) is 36.4 Å². The van der Waals surface area contributed by atoms with Gasteiger partial charge >= 0.3 is 5.97 Å². The van der Waals surface area contributed by atoms with Crippen molar-refractivity contribution in [2.75, 3.05) is 5.32 Å². The summed E-state index contributed by atoms with van der Waals surface area (Å²) in [5.74, 6) is -0.235. The molecule has 0 fully saturated rings. The first-order valence-corrected chi connectivity index (χ1v) is 6.86. The Morgan fingerprint density at radius 2 is 2.10 bits per heavy atom. The molecule has 20 heavy (non-hydrogen) atoms. The summed E-state index contributed by atoms with van der Waals surface area (Å²) in [4.78, 5) is 12.1. The number of hydrogen-bond acceptors (Lipinski definition) is 3. The zero-order valence-electron chi connectivity index (χ0n) is 10.8. The van der Waals surface area contributed by atoms with Gasteiger partial charge in [0.05, 0.1) is 0 Å². The number of para-hydroxylation sites is 1. The minimum absolute atomic E-state index is 0.235. The normalized spacial score (nSPS) is 16.4. The summed E-state index contributed by atoms with van der Waals surface area (Å²) in [7, 11) is 0. The second-order valence-electron chi connectivity index (χ2n) is 4.80. The van der Waals surface area contributed by atoms with E-state index in [1.54, 1.807) is 12.1 Å². The van der Waals surface area contributed by atoms with E-state index >= 15 is 0 Å². The van der Waals surface area contributed by atoms with Crippen molar-refractivity contribution in [3.8, 4) is 0 Å². The van der Waals surface area contributed by atoms with E-state index < -0.39 is 0 Å². The second kappa shape index (κ2) is 5.55. The van der Waals surface area contributed by atoms with E-state index in [0.29, 0.717) is 11.4 Å². The molecule has 1 aliphatic heterocycles. The van der Waals surface area contributed by atoms with E-state index in [4.69, 9.17) is 16.3 Å². The highest BCUT2D eigenvalue weighted by Crippen LogP contribution is 2.25. The van der Waals surface area contributed by atoms with E-state index in [0.717, 1.165) is 16.8 Å². The lowest BCUT2D eigenvalue weighted by Gasteiger charge is -2.11. The van der Waals surface area contributed by atoms with Crippen LogP contribution in [0.1, 0.15) is 11.1 Å². The van der Waals surface area contributed by atoms with Crippen molar-refractivity contribution in [2.45, 2.75) is 19.1 Å². The number of carbonyl (C=O) groups is 1. The third-order valence-corrected chi connectivity index (χ3v) is 3.56. The lowest BCUT2D eigenvalue weighted by atomic mass is 10.1. The van der Waals surface area contributed by atoms with Crippen LogP contribution in [0.5, 0.6) is 0 Å². The number of rotatable bonds is 3. The summed E-state index contributed by atoms with van der Waals surface area (Å²) in [6, 6.07) is 14.9. The minimum atomic E-state index is -0.299. The summed E-state index contributed by atoms with van der Waals surface area (Å²) in [5.41, 5.74) is 3.05. The lowest BCUT2D eigenvalue weighted by molar-refractivity contribution is -0.145. The number of esters is 1. The topological polar surface area (TPSA) is 38.3 Å². The van der Waals surface area contributed by atoms with Crippen LogP contribution in [0.4, 0.5) is 5.69 Å². The molecule has 0 spiro atoms. The van der Waals surface area contributed by atoms with Crippen molar-refractivity contribution in [2.24, 2.45) is 0 Å². The van der Waals surface area contributed by atoms with Gasteiger partial charge < -0.3 is 10.1 Å². The Morgan fingerprint density at radius 3 is 2.90 bits per heavy atom. The molecule has 0 amide bonds. The molecule has 0 radical (unpaired) electrons. The van der Waals surface area contributed by atoms with Crippen molar-refractivity contribution in [3.05, 3.63) is 64.7 Å². The maximum Gasteiger partial charge on any atom is 0.329 e. The van der Waals surface area contributed by atoms with Gasteiger partial charge in [0, 0.05) is 17.1 Å². The number of benzene rings is 2. The molecule has 1 N–H and O–H groups in total. The van der Waals surface area contributed by atoms with E-state index in [1.165, 1.54) is 0 Å². The van der Waals surface area contributed by atoms with Crippen LogP contribution in [0.25, 0.3) is 0 Å². The standard InChI is InChI=1S/C16H14ClNO2/c17-13-6-3-4-11(8-13)10-20-16(19)15-9-12-5-1-2-7-14(12)18-15/h1-8,15,18H,9-10H2. The van der Waals surface area contributed by atoms with Gasteiger partial charge in [0.15, 0.2) is 0 Å². The Hall–Kier alpha value is -2.00. The fraction of sp³-hybridized carbons (Fsp3) is 0.188. The highest BCUT2D eigenvalue weighted by molar-refractivity contribution is 6.30. The monoisotopic (exact) mass is 287 g/mol. The van der Waals surface area contributed by atoms with Gasteiger partial charge in [-0.15, -0.1) is 0 Å². The van der Waals surface area contributed by atoms with E-state index in [2.05, 4.69) is 5.32 Å². The predicted molar refractivity (Wildman–Crippen MR) is 78.8 cm³/mol. The molecule has 2 aromatic carbocycles. The Labute approximate surface area is 122 Å². The van der Waals surface area contributed by atoms with Gasteiger partial charge in [-0.25, -0.2) is 4.79 Å². The van der Waals surface area contributed by atoms with Crippen molar-refractivity contribution in [1.82, 2.24) is 0 Å². The molecule has 1 aliphatic rings. The SMILES string of the molecule is O=C(OCc1cccc(Cl)c1)C1Cc2ccccc2N1. The van der Waals surface area contributed by atoms with Crippen LogP contribution in [0.2, 0.25) is 5.02 Å². The molecule has 1 atom stereocenters. The number of nitrogens with one attached hydrogen (secondary N) is 1. The number of hydrogen-bond donors (Lipinski definition) is 1. The molecule has 3 rings (SSSR count). The molecule has 3 nitrogen and oxygen atoms in total. The Balaban J connectivity index is 1.59. The van der Waals surface area contributed by atoms with E-state index in [-0.39, 0.29) is 18.6 Å². The van der Waals surface area contributed by atoms with Crippen LogP contribution in [0.3, 0.4) is 0 Å². The second-order valence-corrected chi connectivity index (χ2v) is 5.23. The third kappa shape index (κ3) is 2.78. The van der Waals surface area contributed by atoms with Crippen LogP contribution in [0, 0.1) is 0 Å². The molecule has 0 bridgehead atoms. The van der Waals surface area contributed by atoms with Gasteiger partial charge in [0.25, 0.3) is 0 Å². The zero-order valence-corrected chi connectivity index (χ0v) is 11.6. The van der Waals surface area contributed by atoms with Crippen molar-refractivity contribution in [1.29, 1.82) is 0 Å². The van der Waals surface area contributed by atoms with Gasteiger partial charge in [0.2, 0.25) is 0 Å². The summed E-state index contributed by atoms with van der Waals surface area (Å²) >= 11 is 5.90. The van der Waals surface area contributed by atoms with Crippen molar-refractivity contribution < 1.29 is 9.53 Å². The largest absolute Gasteiger partial charge is 0.459 e. The fourth-order valence-electron chi connectivity index (χ4n) is 2.32. The molecule has 1 heterocycles. The Kier molecular flexibility index (Phi) is 3.61. The predicted octanol–water partition coefficient (Wildman–Crippen LogP) is 3.42. The van der Waals surface area contributed by atoms with Crippen molar-refractivity contribution >= 4 is 23.3 Å². The van der Waals surface area contributed by atoms with E-state index in [9.17, 15) is 4.79 Å². The first kappa shape index (κ1) is 13.0. The number of fused-ring (bicyclic) bond motifs is 1. The Bertz CT molecular complexity index is 617. The summed E-state index contributed by atoms with van der Waals surface area (Å²) in [5, 5.41) is 3.82. The highest BCUT2D eigenvalue weighted by atomic mass is 35.5.